The van der Waals surface area contributed by atoms with Gasteiger partial charge < -0.3 is 4.57 Å². The Kier molecular flexibility index (Phi) is 4.73. The summed E-state index contributed by atoms with van der Waals surface area (Å²) in [5, 5.41) is 9.57. The largest absolute Gasteiger partial charge is 0.304 e. The SMILES string of the molecule is Cn1c(SCC(=O)c2ccc(Cl)cc2)nnc1-c1ccccn1. The van der Waals surface area contributed by atoms with Crippen LogP contribution in [0.1, 0.15) is 10.4 Å². The summed E-state index contributed by atoms with van der Waals surface area (Å²) in [7, 11) is 1.86. The molecule has 0 aliphatic heterocycles. The third-order valence-corrected chi connectivity index (χ3v) is 4.50. The van der Waals surface area contributed by atoms with Gasteiger partial charge in [0.15, 0.2) is 16.8 Å². The van der Waals surface area contributed by atoms with Gasteiger partial charge in [-0.05, 0) is 36.4 Å². The van der Waals surface area contributed by atoms with Crippen LogP contribution in [0.15, 0.2) is 53.8 Å². The van der Waals surface area contributed by atoms with Crippen molar-refractivity contribution in [2.24, 2.45) is 7.05 Å². The summed E-state index contributed by atoms with van der Waals surface area (Å²) < 4.78 is 1.84. The van der Waals surface area contributed by atoms with Crippen LogP contribution in [0.3, 0.4) is 0 Å². The molecule has 5 nitrogen and oxygen atoms in total. The van der Waals surface area contributed by atoms with Gasteiger partial charge in [-0.3, -0.25) is 9.78 Å². The van der Waals surface area contributed by atoms with Crippen molar-refractivity contribution in [1.29, 1.82) is 0 Å². The van der Waals surface area contributed by atoms with Crippen molar-refractivity contribution in [3.05, 3.63) is 59.2 Å². The van der Waals surface area contributed by atoms with Crippen LogP contribution in [0.25, 0.3) is 11.5 Å². The van der Waals surface area contributed by atoms with Crippen molar-refractivity contribution in [2.75, 3.05) is 5.75 Å². The highest BCUT2D eigenvalue weighted by Gasteiger charge is 2.14. The number of benzene rings is 1. The van der Waals surface area contributed by atoms with E-state index in [2.05, 4.69) is 15.2 Å². The predicted molar refractivity (Wildman–Crippen MR) is 90.7 cm³/mol. The molecule has 0 aliphatic carbocycles. The van der Waals surface area contributed by atoms with Crippen LogP contribution >= 0.6 is 23.4 Å². The van der Waals surface area contributed by atoms with E-state index in [9.17, 15) is 4.79 Å². The Bertz CT molecular complexity index is 818. The molecule has 0 saturated heterocycles. The quantitative estimate of drug-likeness (QED) is 0.523. The number of carbonyl (C=O) groups is 1. The van der Waals surface area contributed by atoms with E-state index in [1.165, 1.54) is 11.8 Å². The number of Topliss-reactive ketones (excluding diaryl/α,β-unsaturated/α-hetero) is 1. The minimum absolute atomic E-state index is 0.0223. The van der Waals surface area contributed by atoms with E-state index in [0.717, 1.165) is 5.69 Å². The Morgan fingerprint density at radius 1 is 1.17 bits per heavy atom. The molecule has 0 aliphatic rings. The molecule has 3 rings (SSSR count). The molecule has 1 aromatic carbocycles. The molecule has 0 fully saturated rings. The van der Waals surface area contributed by atoms with Gasteiger partial charge >= 0.3 is 0 Å². The zero-order valence-corrected chi connectivity index (χ0v) is 13.9. The molecule has 7 heteroatoms. The number of hydrogen-bond acceptors (Lipinski definition) is 5. The highest BCUT2D eigenvalue weighted by molar-refractivity contribution is 7.99. The fourth-order valence-corrected chi connectivity index (χ4v) is 2.94. The molecule has 0 spiro atoms. The van der Waals surface area contributed by atoms with Gasteiger partial charge in [-0.25, -0.2) is 0 Å². The number of pyridine rings is 1. The molecule has 0 atom stereocenters. The van der Waals surface area contributed by atoms with Crippen molar-refractivity contribution in [3.8, 4) is 11.5 Å². The second-order valence-corrected chi connectivity index (χ2v) is 6.18. The standard InChI is InChI=1S/C16H13ClN4OS/c1-21-15(13-4-2-3-9-18-13)19-20-16(21)23-10-14(22)11-5-7-12(17)8-6-11/h2-9H,10H2,1H3. The fourth-order valence-electron chi connectivity index (χ4n) is 2.01. The van der Waals surface area contributed by atoms with Crippen molar-refractivity contribution in [1.82, 2.24) is 19.7 Å². The van der Waals surface area contributed by atoms with Crippen molar-refractivity contribution in [2.45, 2.75) is 5.16 Å². The molecule has 0 unspecified atom stereocenters. The van der Waals surface area contributed by atoms with Gasteiger partial charge in [0.1, 0.15) is 5.69 Å². The van der Waals surface area contributed by atoms with Crippen LogP contribution in [0.5, 0.6) is 0 Å². The third-order valence-electron chi connectivity index (χ3n) is 3.23. The smallest absolute Gasteiger partial charge is 0.191 e. The summed E-state index contributed by atoms with van der Waals surface area (Å²) in [5.74, 6) is 0.983. The molecule has 0 radical (unpaired) electrons. The third kappa shape index (κ3) is 3.60. The van der Waals surface area contributed by atoms with E-state index < -0.39 is 0 Å². The highest BCUT2D eigenvalue weighted by Crippen LogP contribution is 2.22. The Morgan fingerprint density at radius 2 is 1.96 bits per heavy atom. The first-order valence-corrected chi connectivity index (χ1v) is 8.24. The van der Waals surface area contributed by atoms with Crippen molar-refractivity contribution >= 4 is 29.1 Å². The van der Waals surface area contributed by atoms with Crippen molar-refractivity contribution < 1.29 is 4.79 Å². The van der Waals surface area contributed by atoms with Crippen LogP contribution < -0.4 is 0 Å². The zero-order valence-electron chi connectivity index (χ0n) is 12.3. The summed E-state index contributed by atoms with van der Waals surface area (Å²) in [6.07, 6.45) is 1.71. The van der Waals surface area contributed by atoms with Crippen LogP contribution in [0, 0.1) is 0 Å². The molecule has 0 saturated carbocycles. The van der Waals surface area contributed by atoms with E-state index in [-0.39, 0.29) is 11.5 Å². The number of nitrogens with zero attached hydrogens (tertiary/aromatic N) is 4. The number of carbonyl (C=O) groups excluding carboxylic acids is 1. The zero-order chi connectivity index (χ0) is 16.2. The Morgan fingerprint density at radius 3 is 2.65 bits per heavy atom. The number of thioether (sulfide) groups is 1. The monoisotopic (exact) mass is 344 g/mol. The molecule has 2 aromatic heterocycles. The van der Waals surface area contributed by atoms with E-state index in [1.54, 1.807) is 30.5 Å². The van der Waals surface area contributed by atoms with Gasteiger partial charge in [0.2, 0.25) is 0 Å². The number of ketones is 1. The summed E-state index contributed by atoms with van der Waals surface area (Å²) in [5.41, 5.74) is 1.38. The second kappa shape index (κ2) is 6.93. The van der Waals surface area contributed by atoms with E-state index in [0.29, 0.717) is 21.6 Å². The van der Waals surface area contributed by atoms with Crippen LogP contribution in [-0.4, -0.2) is 31.3 Å². The lowest BCUT2D eigenvalue weighted by atomic mass is 10.1. The first-order valence-electron chi connectivity index (χ1n) is 6.87. The topological polar surface area (TPSA) is 60.7 Å². The summed E-state index contributed by atoms with van der Waals surface area (Å²) in [4.78, 5) is 16.4. The lowest BCUT2D eigenvalue weighted by Gasteiger charge is -2.03. The van der Waals surface area contributed by atoms with Crippen LogP contribution in [0.4, 0.5) is 0 Å². The van der Waals surface area contributed by atoms with Gasteiger partial charge in [-0.2, -0.15) is 0 Å². The lowest BCUT2D eigenvalue weighted by Crippen LogP contribution is -2.04. The maximum Gasteiger partial charge on any atom is 0.191 e. The first-order chi connectivity index (χ1) is 11.1. The predicted octanol–water partition coefficient (Wildman–Crippen LogP) is 3.51. The molecular formula is C16H13ClN4OS. The van der Waals surface area contributed by atoms with Gasteiger partial charge in [-0.15, -0.1) is 10.2 Å². The Hall–Kier alpha value is -2.18. The van der Waals surface area contributed by atoms with E-state index >= 15 is 0 Å². The highest BCUT2D eigenvalue weighted by atomic mass is 35.5. The number of halogens is 1. The average molecular weight is 345 g/mol. The van der Waals surface area contributed by atoms with Crippen molar-refractivity contribution in [3.63, 3.8) is 0 Å². The second-order valence-electron chi connectivity index (χ2n) is 4.80. The Labute approximate surface area is 142 Å². The molecule has 3 aromatic rings. The molecule has 23 heavy (non-hydrogen) atoms. The molecule has 2 heterocycles. The van der Waals surface area contributed by atoms with E-state index in [1.807, 2.05) is 29.8 Å². The molecule has 116 valence electrons. The molecule has 0 bridgehead atoms. The number of hydrogen-bond donors (Lipinski definition) is 0. The van der Waals surface area contributed by atoms with Crippen LogP contribution in [-0.2, 0) is 7.05 Å². The summed E-state index contributed by atoms with van der Waals surface area (Å²) in [6, 6.07) is 12.5. The fraction of sp³-hybridized carbons (Fsp3) is 0.125. The van der Waals surface area contributed by atoms with E-state index in [4.69, 9.17) is 11.6 Å². The molecular weight excluding hydrogens is 332 g/mol. The Balaban J connectivity index is 1.71. The normalized spacial score (nSPS) is 10.7. The van der Waals surface area contributed by atoms with Crippen LogP contribution in [0.2, 0.25) is 5.02 Å². The molecule has 0 N–H and O–H groups in total. The van der Waals surface area contributed by atoms with Gasteiger partial charge in [0.05, 0.1) is 5.75 Å². The minimum Gasteiger partial charge on any atom is -0.304 e. The minimum atomic E-state index is 0.0223. The maximum absolute atomic E-state index is 12.2. The summed E-state index contributed by atoms with van der Waals surface area (Å²) in [6.45, 7) is 0. The average Bonchev–Trinajstić information content (AvgIpc) is 2.95. The first kappa shape index (κ1) is 15.7. The number of rotatable bonds is 5. The summed E-state index contributed by atoms with van der Waals surface area (Å²) >= 11 is 7.18. The number of aromatic nitrogens is 4. The molecule has 0 amide bonds. The lowest BCUT2D eigenvalue weighted by molar-refractivity contribution is 0.102. The van der Waals surface area contributed by atoms with Gasteiger partial charge in [-0.1, -0.05) is 29.4 Å². The van der Waals surface area contributed by atoms with Gasteiger partial charge in [0.25, 0.3) is 0 Å². The maximum atomic E-state index is 12.2. The van der Waals surface area contributed by atoms with Gasteiger partial charge in [0, 0.05) is 23.8 Å².